The predicted molar refractivity (Wildman–Crippen MR) is 150 cm³/mol. The van der Waals surface area contributed by atoms with Gasteiger partial charge in [0.15, 0.2) is 0 Å². The molecule has 1 atom stereocenters. The lowest BCUT2D eigenvalue weighted by Gasteiger charge is -2.04. The molecule has 1 aliphatic heterocycles. The van der Waals surface area contributed by atoms with Crippen molar-refractivity contribution in [2.45, 2.75) is 174 Å². The smallest absolute Gasteiger partial charge is 0.341 e. The lowest BCUT2D eigenvalue weighted by atomic mass is 10.0. The van der Waals surface area contributed by atoms with E-state index in [9.17, 15) is 9.90 Å². The first kappa shape index (κ1) is 31.9. The maximum Gasteiger partial charge on any atom is 0.341 e. The van der Waals surface area contributed by atoms with E-state index in [2.05, 4.69) is 13.5 Å². The van der Waals surface area contributed by atoms with Gasteiger partial charge in [0, 0.05) is 0 Å². The minimum atomic E-state index is -0.933. The largest absolute Gasteiger partial charge is 0.425 e. The summed E-state index contributed by atoms with van der Waals surface area (Å²) in [4.78, 5) is 11.6. The molecule has 35 heavy (non-hydrogen) atoms. The average Bonchev–Trinajstić information content (AvgIpc) is 3.09. The molecule has 3 heteroatoms. The van der Waals surface area contributed by atoms with Crippen molar-refractivity contribution in [3.8, 4) is 0 Å². The van der Waals surface area contributed by atoms with Crippen LogP contribution in [0.15, 0.2) is 24.0 Å². The van der Waals surface area contributed by atoms with Gasteiger partial charge in [0.2, 0.25) is 0 Å². The van der Waals surface area contributed by atoms with Crippen LogP contribution in [-0.4, -0.2) is 17.2 Å². The summed E-state index contributed by atoms with van der Waals surface area (Å²) >= 11 is 0. The summed E-state index contributed by atoms with van der Waals surface area (Å²) in [7, 11) is 0. The van der Waals surface area contributed by atoms with Crippen LogP contribution in [0.2, 0.25) is 0 Å². The fraction of sp³-hybridized carbons (Fsp3) is 0.844. The molecule has 1 fully saturated rings. The average molecular weight is 491 g/mol. The molecule has 0 radical (unpaired) electrons. The van der Waals surface area contributed by atoms with E-state index >= 15 is 0 Å². The number of cyclic esters (lactones) is 1. The van der Waals surface area contributed by atoms with Crippen LogP contribution >= 0.6 is 0 Å². The summed E-state index contributed by atoms with van der Waals surface area (Å²) in [6, 6.07) is 0. The molecule has 0 aromatic carbocycles. The highest BCUT2D eigenvalue weighted by atomic mass is 16.6. The highest BCUT2D eigenvalue weighted by molar-refractivity contribution is 5.93. The summed E-state index contributed by atoms with van der Waals surface area (Å²) in [6.45, 7) is 5.84. The lowest BCUT2D eigenvalue weighted by Crippen LogP contribution is -2.07. The van der Waals surface area contributed by atoms with E-state index in [4.69, 9.17) is 4.74 Å². The predicted octanol–water partition coefficient (Wildman–Crippen LogP) is 10.1. The standard InChI is InChI=1S/C32H58O3/c1-3-4-5-6-7-8-9-10-11-12-13-14-15-16-17-18-19-20-21-22-23-24-25-26-27-28-30-31(33)29(2)35-32(30)34/h28,31,33H,2-27H2,1H3/b30-28-/t31-/m1/s1. The molecule has 0 unspecified atom stereocenters. The molecule has 1 aliphatic rings. The molecule has 0 saturated carbocycles. The number of aliphatic hydroxyl groups excluding tert-OH is 1. The summed E-state index contributed by atoms with van der Waals surface area (Å²) in [5.74, 6) is -0.285. The second-order valence-electron chi connectivity index (χ2n) is 10.8. The van der Waals surface area contributed by atoms with Crippen molar-refractivity contribution in [1.82, 2.24) is 0 Å². The minimum absolute atomic E-state index is 0.154. The van der Waals surface area contributed by atoms with Gasteiger partial charge < -0.3 is 9.84 Å². The van der Waals surface area contributed by atoms with Gasteiger partial charge in [-0.3, -0.25) is 0 Å². The molecule has 3 nitrogen and oxygen atoms in total. The molecule has 0 aromatic heterocycles. The second kappa shape index (κ2) is 23.3. The Balaban J connectivity index is 1.71. The molecule has 1 N–H and O–H groups in total. The van der Waals surface area contributed by atoms with E-state index in [0.29, 0.717) is 5.57 Å². The quantitative estimate of drug-likeness (QED) is 0.0786. The van der Waals surface area contributed by atoms with Gasteiger partial charge in [-0.15, -0.1) is 0 Å². The zero-order chi connectivity index (χ0) is 25.4. The number of aliphatic hydroxyl groups is 1. The molecular weight excluding hydrogens is 432 g/mol. The Kier molecular flexibility index (Phi) is 21.3. The van der Waals surface area contributed by atoms with Gasteiger partial charge in [-0.25, -0.2) is 4.79 Å². The number of hydrogen-bond acceptors (Lipinski definition) is 3. The number of esters is 1. The number of allylic oxidation sites excluding steroid dienone is 1. The number of hydrogen-bond donors (Lipinski definition) is 1. The Morgan fingerprint density at radius 1 is 0.629 bits per heavy atom. The number of carbonyl (C=O) groups excluding carboxylic acids is 1. The van der Waals surface area contributed by atoms with Crippen LogP contribution in [0.3, 0.4) is 0 Å². The van der Waals surface area contributed by atoms with E-state index in [1.807, 2.05) is 6.08 Å². The van der Waals surface area contributed by atoms with Crippen LogP contribution in [0, 0.1) is 0 Å². The maximum atomic E-state index is 11.6. The first-order valence-corrected chi connectivity index (χ1v) is 15.5. The summed E-state index contributed by atoms with van der Waals surface area (Å²) < 4.78 is 4.84. The minimum Gasteiger partial charge on any atom is -0.425 e. The lowest BCUT2D eigenvalue weighted by molar-refractivity contribution is -0.132. The van der Waals surface area contributed by atoms with Gasteiger partial charge in [0.25, 0.3) is 0 Å². The van der Waals surface area contributed by atoms with Crippen LogP contribution in [0.1, 0.15) is 167 Å². The van der Waals surface area contributed by atoms with Crippen LogP contribution in [-0.2, 0) is 9.53 Å². The summed E-state index contributed by atoms with van der Waals surface area (Å²) in [6.07, 6.45) is 35.2. The Morgan fingerprint density at radius 2 is 0.943 bits per heavy atom. The Hall–Kier alpha value is -1.09. The molecule has 204 valence electrons. The van der Waals surface area contributed by atoms with E-state index in [0.717, 1.165) is 12.8 Å². The summed E-state index contributed by atoms with van der Waals surface area (Å²) in [5, 5.41) is 9.80. The van der Waals surface area contributed by atoms with Gasteiger partial charge in [-0.2, -0.15) is 0 Å². The zero-order valence-corrected chi connectivity index (χ0v) is 23.3. The number of ether oxygens (including phenoxy) is 1. The molecule has 0 aliphatic carbocycles. The molecular formula is C32H58O3. The number of unbranched alkanes of at least 4 members (excludes halogenated alkanes) is 24. The van der Waals surface area contributed by atoms with E-state index < -0.39 is 12.1 Å². The number of carbonyl (C=O) groups is 1. The van der Waals surface area contributed by atoms with Crippen molar-refractivity contribution in [2.24, 2.45) is 0 Å². The fourth-order valence-corrected chi connectivity index (χ4v) is 5.08. The van der Waals surface area contributed by atoms with Gasteiger partial charge in [0.05, 0.1) is 5.57 Å². The van der Waals surface area contributed by atoms with Crippen LogP contribution < -0.4 is 0 Å². The molecule has 0 spiro atoms. The van der Waals surface area contributed by atoms with Crippen molar-refractivity contribution >= 4 is 5.97 Å². The SMILES string of the molecule is C=C1OC(=O)/C(=C\CCCCCCCCCCCCCCCCCCCCCCCCCC)[C@@H]1O. The normalized spacial score (nSPS) is 17.0. The van der Waals surface area contributed by atoms with Crippen LogP contribution in [0.5, 0.6) is 0 Å². The second-order valence-corrected chi connectivity index (χ2v) is 10.8. The van der Waals surface area contributed by atoms with Crippen molar-refractivity contribution < 1.29 is 14.6 Å². The Morgan fingerprint density at radius 3 is 1.23 bits per heavy atom. The Labute approximate surface area is 218 Å². The van der Waals surface area contributed by atoms with Gasteiger partial charge in [-0.05, 0) is 12.8 Å². The van der Waals surface area contributed by atoms with Gasteiger partial charge >= 0.3 is 5.97 Å². The molecule has 1 rings (SSSR count). The first-order chi connectivity index (χ1) is 17.2. The molecule has 0 aromatic rings. The summed E-state index contributed by atoms with van der Waals surface area (Å²) in [5.41, 5.74) is 0.365. The topological polar surface area (TPSA) is 46.5 Å². The Bertz CT molecular complexity index is 551. The molecule has 0 bridgehead atoms. The molecule has 1 heterocycles. The van der Waals surface area contributed by atoms with E-state index in [1.165, 1.54) is 148 Å². The van der Waals surface area contributed by atoms with Crippen molar-refractivity contribution in [1.29, 1.82) is 0 Å². The van der Waals surface area contributed by atoms with E-state index in [1.54, 1.807) is 0 Å². The van der Waals surface area contributed by atoms with Crippen molar-refractivity contribution in [3.63, 3.8) is 0 Å². The zero-order valence-electron chi connectivity index (χ0n) is 23.3. The third kappa shape index (κ3) is 17.9. The third-order valence-electron chi connectivity index (χ3n) is 7.48. The van der Waals surface area contributed by atoms with Gasteiger partial charge in [0.1, 0.15) is 11.9 Å². The fourth-order valence-electron chi connectivity index (χ4n) is 5.08. The van der Waals surface area contributed by atoms with Crippen molar-refractivity contribution in [3.05, 3.63) is 24.0 Å². The van der Waals surface area contributed by atoms with E-state index in [-0.39, 0.29) is 5.76 Å². The highest BCUT2D eigenvalue weighted by Gasteiger charge is 2.32. The third-order valence-corrected chi connectivity index (χ3v) is 7.48. The maximum absolute atomic E-state index is 11.6. The van der Waals surface area contributed by atoms with Crippen molar-refractivity contribution in [2.75, 3.05) is 0 Å². The van der Waals surface area contributed by atoms with Gasteiger partial charge in [-0.1, -0.05) is 167 Å². The van der Waals surface area contributed by atoms with Crippen LogP contribution in [0.4, 0.5) is 0 Å². The van der Waals surface area contributed by atoms with Crippen LogP contribution in [0.25, 0.3) is 0 Å². The monoisotopic (exact) mass is 490 g/mol. The molecule has 1 saturated heterocycles. The first-order valence-electron chi connectivity index (χ1n) is 15.5. The highest BCUT2D eigenvalue weighted by Crippen LogP contribution is 2.24. The molecule has 0 amide bonds. The number of rotatable bonds is 25.